The standard InChI is InChI=1S/C22H22N2O2/c1-15-4-6-17(7-5-15)16(2)24-22(25)20-9-8-19(14-21(20)26-3)18-10-12-23-13-11-18/h4-14,16H,1-3H3,(H,24,25)/t16-/m0/s1. The molecule has 0 spiro atoms. The molecular weight excluding hydrogens is 324 g/mol. The molecule has 0 aliphatic carbocycles. The van der Waals surface area contributed by atoms with Crippen LogP contribution in [0.1, 0.15) is 34.5 Å². The van der Waals surface area contributed by atoms with Crippen molar-refractivity contribution in [2.45, 2.75) is 19.9 Å². The van der Waals surface area contributed by atoms with Gasteiger partial charge in [0.1, 0.15) is 5.75 Å². The van der Waals surface area contributed by atoms with E-state index in [-0.39, 0.29) is 11.9 Å². The molecule has 1 amide bonds. The van der Waals surface area contributed by atoms with E-state index in [0.29, 0.717) is 11.3 Å². The largest absolute Gasteiger partial charge is 0.496 e. The molecule has 3 rings (SSSR count). The lowest BCUT2D eigenvalue weighted by Crippen LogP contribution is -2.27. The fourth-order valence-corrected chi connectivity index (χ4v) is 2.82. The van der Waals surface area contributed by atoms with Crippen molar-refractivity contribution in [1.82, 2.24) is 10.3 Å². The summed E-state index contributed by atoms with van der Waals surface area (Å²) in [6.07, 6.45) is 3.48. The van der Waals surface area contributed by atoms with E-state index in [1.165, 1.54) is 5.56 Å². The third-order valence-corrected chi connectivity index (χ3v) is 4.38. The maximum Gasteiger partial charge on any atom is 0.255 e. The summed E-state index contributed by atoms with van der Waals surface area (Å²) in [5.74, 6) is 0.393. The number of carbonyl (C=O) groups excluding carboxylic acids is 1. The van der Waals surface area contributed by atoms with Gasteiger partial charge in [-0.05, 0) is 54.8 Å². The molecule has 26 heavy (non-hydrogen) atoms. The van der Waals surface area contributed by atoms with Gasteiger partial charge in [-0.25, -0.2) is 0 Å². The molecule has 0 aliphatic heterocycles. The second-order valence-corrected chi connectivity index (χ2v) is 6.26. The molecular formula is C22H22N2O2. The summed E-state index contributed by atoms with van der Waals surface area (Å²) >= 11 is 0. The van der Waals surface area contributed by atoms with E-state index in [1.54, 1.807) is 25.6 Å². The van der Waals surface area contributed by atoms with Crippen LogP contribution in [0.3, 0.4) is 0 Å². The minimum absolute atomic E-state index is 0.0901. The van der Waals surface area contributed by atoms with Crippen molar-refractivity contribution in [3.63, 3.8) is 0 Å². The highest BCUT2D eigenvalue weighted by Gasteiger charge is 2.16. The Morgan fingerprint density at radius 3 is 2.35 bits per heavy atom. The molecule has 1 aromatic heterocycles. The van der Waals surface area contributed by atoms with Gasteiger partial charge in [0.05, 0.1) is 18.7 Å². The molecule has 0 bridgehead atoms. The first-order valence-corrected chi connectivity index (χ1v) is 8.54. The minimum atomic E-state index is -0.156. The van der Waals surface area contributed by atoms with Crippen LogP contribution in [0.2, 0.25) is 0 Å². The Balaban J connectivity index is 1.81. The van der Waals surface area contributed by atoms with Crippen molar-refractivity contribution in [3.8, 4) is 16.9 Å². The van der Waals surface area contributed by atoms with Crippen LogP contribution in [0.15, 0.2) is 67.0 Å². The fraction of sp³-hybridized carbons (Fsp3) is 0.182. The zero-order chi connectivity index (χ0) is 18.5. The fourth-order valence-electron chi connectivity index (χ4n) is 2.82. The number of pyridine rings is 1. The number of benzene rings is 2. The van der Waals surface area contributed by atoms with Gasteiger partial charge < -0.3 is 10.1 Å². The lowest BCUT2D eigenvalue weighted by atomic mass is 10.0. The number of carbonyl (C=O) groups is 1. The zero-order valence-corrected chi connectivity index (χ0v) is 15.2. The van der Waals surface area contributed by atoms with Crippen LogP contribution in [-0.4, -0.2) is 18.0 Å². The van der Waals surface area contributed by atoms with Gasteiger partial charge in [0, 0.05) is 12.4 Å². The van der Waals surface area contributed by atoms with Crippen molar-refractivity contribution in [2.75, 3.05) is 7.11 Å². The van der Waals surface area contributed by atoms with Crippen LogP contribution in [0, 0.1) is 6.92 Å². The average Bonchev–Trinajstić information content (AvgIpc) is 2.68. The Hall–Kier alpha value is -3.14. The number of aromatic nitrogens is 1. The SMILES string of the molecule is COc1cc(-c2ccncc2)ccc1C(=O)N[C@@H](C)c1ccc(C)cc1. The van der Waals surface area contributed by atoms with Crippen LogP contribution in [0.25, 0.3) is 11.1 Å². The second-order valence-electron chi connectivity index (χ2n) is 6.26. The van der Waals surface area contributed by atoms with Crippen LogP contribution < -0.4 is 10.1 Å². The number of nitrogens with one attached hydrogen (secondary N) is 1. The van der Waals surface area contributed by atoms with Gasteiger partial charge in [-0.1, -0.05) is 35.9 Å². The first-order chi connectivity index (χ1) is 12.6. The highest BCUT2D eigenvalue weighted by Crippen LogP contribution is 2.27. The Labute approximate surface area is 153 Å². The third kappa shape index (κ3) is 3.91. The first-order valence-electron chi connectivity index (χ1n) is 8.54. The molecule has 0 unspecified atom stereocenters. The van der Waals surface area contributed by atoms with Crippen molar-refractivity contribution < 1.29 is 9.53 Å². The highest BCUT2D eigenvalue weighted by molar-refractivity contribution is 5.97. The second kappa shape index (κ2) is 7.83. The van der Waals surface area contributed by atoms with Gasteiger partial charge in [0.25, 0.3) is 5.91 Å². The maximum atomic E-state index is 12.7. The molecule has 0 saturated carbocycles. The van der Waals surface area contributed by atoms with E-state index in [1.807, 2.05) is 62.4 Å². The number of hydrogen-bond acceptors (Lipinski definition) is 3. The van der Waals surface area contributed by atoms with Crippen LogP contribution >= 0.6 is 0 Å². The number of methoxy groups -OCH3 is 1. The number of aryl methyl sites for hydroxylation is 1. The molecule has 1 N–H and O–H groups in total. The Morgan fingerprint density at radius 1 is 1.00 bits per heavy atom. The van der Waals surface area contributed by atoms with Gasteiger partial charge in [-0.2, -0.15) is 0 Å². The lowest BCUT2D eigenvalue weighted by Gasteiger charge is -2.16. The molecule has 3 aromatic rings. The van der Waals surface area contributed by atoms with Crippen LogP contribution in [0.5, 0.6) is 5.75 Å². The summed E-state index contributed by atoms with van der Waals surface area (Å²) in [5.41, 5.74) is 4.78. The van der Waals surface area contributed by atoms with E-state index in [9.17, 15) is 4.79 Å². The van der Waals surface area contributed by atoms with E-state index >= 15 is 0 Å². The Bertz CT molecular complexity index is 890. The average molecular weight is 346 g/mol. The van der Waals surface area contributed by atoms with Gasteiger partial charge in [0.15, 0.2) is 0 Å². The van der Waals surface area contributed by atoms with Gasteiger partial charge in [-0.3, -0.25) is 9.78 Å². The number of amides is 1. The van der Waals surface area contributed by atoms with Crippen LogP contribution in [-0.2, 0) is 0 Å². The van der Waals surface area contributed by atoms with Crippen molar-refractivity contribution >= 4 is 5.91 Å². The van der Waals surface area contributed by atoms with Gasteiger partial charge >= 0.3 is 0 Å². The number of ether oxygens (including phenoxy) is 1. The van der Waals surface area contributed by atoms with E-state index < -0.39 is 0 Å². The summed E-state index contributed by atoms with van der Waals surface area (Å²) in [6.45, 7) is 4.02. The summed E-state index contributed by atoms with van der Waals surface area (Å²) in [6, 6.07) is 17.5. The molecule has 0 aliphatic rings. The lowest BCUT2D eigenvalue weighted by molar-refractivity contribution is 0.0937. The van der Waals surface area contributed by atoms with Crippen molar-refractivity contribution in [3.05, 3.63) is 83.7 Å². The van der Waals surface area contributed by atoms with Crippen molar-refractivity contribution in [2.24, 2.45) is 0 Å². The Kier molecular flexibility index (Phi) is 5.32. The molecule has 1 heterocycles. The zero-order valence-electron chi connectivity index (χ0n) is 15.2. The van der Waals surface area contributed by atoms with Crippen LogP contribution in [0.4, 0.5) is 0 Å². The molecule has 0 saturated heterocycles. The number of hydrogen-bond donors (Lipinski definition) is 1. The summed E-state index contributed by atoms with van der Waals surface area (Å²) in [5, 5.41) is 3.04. The topological polar surface area (TPSA) is 51.2 Å². The molecule has 4 heteroatoms. The number of nitrogens with zero attached hydrogens (tertiary/aromatic N) is 1. The molecule has 0 fully saturated rings. The highest BCUT2D eigenvalue weighted by atomic mass is 16.5. The molecule has 0 radical (unpaired) electrons. The van der Waals surface area contributed by atoms with Gasteiger partial charge in [0.2, 0.25) is 0 Å². The quantitative estimate of drug-likeness (QED) is 0.737. The minimum Gasteiger partial charge on any atom is -0.496 e. The summed E-state index contributed by atoms with van der Waals surface area (Å²) < 4.78 is 5.46. The predicted octanol–water partition coefficient (Wildman–Crippen LogP) is 4.56. The first kappa shape index (κ1) is 17.7. The third-order valence-electron chi connectivity index (χ3n) is 4.38. The summed E-state index contributed by atoms with van der Waals surface area (Å²) in [4.78, 5) is 16.8. The predicted molar refractivity (Wildman–Crippen MR) is 103 cm³/mol. The molecule has 2 aromatic carbocycles. The maximum absolute atomic E-state index is 12.7. The van der Waals surface area contributed by atoms with E-state index in [0.717, 1.165) is 16.7 Å². The molecule has 4 nitrogen and oxygen atoms in total. The number of rotatable bonds is 5. The van der Waals surface area contributed by atoms with Gasteiger partial charge in [-0.15, -0.1) is 0 Å². The van der Waals surface area contributed by atoms with E-state index in [2.05, 4.69) is 10.3 Å². The summed E-state index contributed by atoms with van der Waals surface area (Å²) in [7, 11) is 1.58. The molecule has 132 valence electrons. The van der Waals surface area contributed by atoms with E-state index in [4.69, 9.17) is 4.74 Å². The Morgan fingerprint density at radius 2 is 1.69 bits per heavy atom. The monoisotopic (exact) mass is 346 g/mol. The normalized spacial score (nSPS) is 11.7. The van der Waals surface area contributed by atoms with Crippen molar-refractivity contribution in [1.29, 1.82) is 0 Å². The smallest absolute Gasteiger partial charge is 0.255 e. The molecule has 1 atom stereocenters.